The van der Waals surface area contributed by atoms with Crippen molar-refractivity contribution >= 4 is 9.84 Å². The lowest BCUT2D eigenvalue weighted by molar-refractivity contribution is 0.156. The quantitative estimate of drug-likeness (QED) is 0.640. The van der Waals surface area contributed by atoms with E-state index in [0.29, 0.717) is 30.4 Å². The molecule has 0 aliphatic carbocycles. The maximum Gasteiger partial charge on any atom is 0.157 e. The number of aliphatic hydroxyl groups excluding tert-OH is 1. The summed E-state index contributed by atoms with van der Waals surface area (Å²) in [5.41, 5.74) is 0.933. The van der Waals surface area contributed by atoms with Crippen LogP contribution in [0.3, 0.4) is 0 Å². The minimum atomic E-state index is -3.46. The molecule has 0 fully saturated rings. The Bertz CT molecular complexity index is 621. The molecular weight excluding hydrogens is 274 g/mol. The molecule has 1 aromatic rings. The van der Waals surface area contributed by atoms with E-state index < -0.39 is 21.2 Å². The Labute approximate surface area is 120 Å². The lowest BCUT2D eigenvalue weighted by Crippen LogP contribution is -2.25. The summed E-state index contributed by atoms with van der Waals surface area (Å²) in [5, 5.41) is 17.9. The van der Waals surface area contributed by atoms with Crippen LogP contribution in [0.15, 0.2) is 24.3 Å². The third kappa shape index (κ3) is 4.38. The molecule has 0 aromatic heterocycles. The van der Waals surface area contributed by atoms with Gasteiger partial charge in [-0.25, -0.2) is 8.42 Å². The second-order valence-electron chi connectivity index (χ2n) is 4.65. The van der Waals surface area contributed by atoms with Gasteiger partial charge in [-0.05, 0) is 30.5 Å². The van der Waals surface area contributed by atoms with E-state index in [1.807, 2.05) is 6.07 Å². The summed E-state index contributed by atoms with van der Waals surface area (Å²) in [6.07, 6.45) is 6.62. The maximum atomic E-state index is 11.9. The molecule has 0 amide bonds. The van der Waals surface area contributed by atoms with Crippen LogP contribution in [-0.4, -0.2) is 25.9 Å². The van der Waals surface area contributed by atoms with Crippen molar-refractivity contribution in [2.24, 2.45) is 0 Å². The largest absolute Gasteiger partial charge is 0.391 e. The predicted molar refractivity (Wildman–Crippen MR) is 77.4 cm³/mol. The average molecular weight is 291 g/mol. The van der Waals surface area contributed by atoms with Gasteiger partial charge in [0.1, 0.15) is 5.25 Å². The van der Waals surface area contributed by atoms with Gasteiger partial charge in [0, 0.05) is 12.7 Å². The van der Waals surface area contributed by atoms with Crippen molar-refractivity contribution in [3.8, 4) is 18.4 Å². The normalized spacial score (nSPS) is 14.0. The molecule has 4 nitrogen and oxygen atoms in total. The van der Waals surface area contributed by atoms with E-state index in [2.05, 4.69) is 5.92 Å². The highest BCUT2D eigenvalue weighted by Crippen LogP contribution is 2.28. The van der Waals surface area contributed by atoms with Crippen LogP contribution >= 0.6 is 0 Å². The number of aliphatic hydroxyl groups is 1. The van der Waals surface area contributed by atoms with Crippen LogP contribution in [0.4, 0.5) is 0 Å². The van der Waals surface area contributed by atoms with Crippen molar-refractivity contribution in [3.05, 3.63) is 35.4 Å². The van der Waals surface area contributed by atoms with E-state index in [-0.39, 0.29) is 0 Å². The molecule has 0 bridgehead atoms. The minimum Gasteiger partial charge on any atom is -0.391 e. The lowest BCUT2D eigenvalue weighted by Gasteiger charge is -2.21. The van der Waals surface area contributed by atoms with Crippen molar-refractivity contribution < 1.29 is 13.5 Å². The molecule has 1 rings (SSSR count). The molecule has 106 valence electrons. The van der Waals surface area contributed by atoms with E-state index in [1.165, 1.54) is 0 Å². The van der Waals surface area contributed by atoms with E-state index in [4.69, 9.17) is 11.7 Å². The van der Waals surface area contributed by atoms with Gasteiger partial charge >= 0.3 is 0 Å². The molecular formula is C15H17NO3S. The predicted octanol–water partition coefficient (Wildman–Crippen LogP) is 1.81. The number of sulfone groups is 1. The fourth-order valence-electron chi connectivity index (χ4n) is 2.07. The van der Waals surface area contributed by atoms with Crippen molar-refractivity contribution in [2.75, 3.05) is 6.26 Å². The number of benzene rings is 1. The highest BCUT2D eigenvalue weighted by atomic mass is 32.2. The monoisotopic (exact) mass is 291 g/mol. The molecule has 20 heavy (non-hydrogen) atoms. The first kappa shape index (κ1) is 16.2. The summed E-state index contributed by atoms with van der Waals surface area (Å²) >= 11 is 0. The van der Waals surface area contributed by atoms with Crippen LogP contribution in [-0.2, 0) is 9.84 Å². The zero-order valence-corrected chi connectivity index (χ0v) is 12.1. The molecule has 2 atom stereocenters. The number of terminal acetylenes is 1. The zero-order chi connectivity index (χ0) is 15.2. The number of hydrogen-bond donors (Lipinski definition) is 1. The van der Waals surface area contributed by atoms with Gasteiger partial charge in [-0.15, -0.1) is 12.3 Å². The molecule has 0 saturated heterocycles. The van der Waals surface area contributed by atoms with Gasteiger partial charge in [0.2, 0.25) is 0 Å². The van der Waals surface area contributed by atoms with Crippen LogP contribution in [0, 0.1) is 23.7 Å². The van der Waals surface area contributed by atoms with Crippen LogP contribution < -0.4 is 0 Å². The first-order chi connectivity index (χ1) is 9.40. The van der Waals surface area contributed by atoms with Gasteiger partial charge < -0.3 is 5.11 Å². The van der Waals surface area contributed by atoms with E-state index in [9.17, 15) is 13.5 Å². The Kier molecular flexibility index (Phi) is 5.76. The standard InChI is InChI=1S/C15H17NO3S/c1-3-4-5-6-14(17)15(20(2,18)19)13-9-7-12(11-16)8-10-13/h1,7-10,14-15,17H,4-6H2,2H3. The summed E-state index contributed by atoms with van der Waals surface area (Å²) in [5.74, 6) is 2.46. The molecule has 0 saturated carbocycles. The highest BCUT2D eigenvalue weighted by molar-refractivity contribution is 7.91. The average Bonchev–Trinajstić information content (AvgIpc) is 2.38. The Balaban J connectivity index is 3.01. The van der Waals surface area contributed by atoms with Gasteiger partial charge in [0.25, 0.3) is 0 Å². The summed E-state index contributed by atoms with van der Waals surface area (Å²) in [6, 6.07) is 8.18. The van der Waals surface area contributed by atoms with Crippen molar-refractivity contribution in [1.82, 2.24) is 0 Å². The third-order valence-electron chi connectivity index (χ3n) is 3.00. The van der Waals surface area contributed by atoms with E-state index in [1.54, 1.807) is 24.3 Å². The highest BCUT2D eigenvalue weighted by Gasteiger charge is 2.30. The molecule has 2 unspecified atom stereocenters. The molecule has 0 aliphatic heterocycles. The molecule has 0 heterocycles. The van der Waals surface area contributed by atoms with Gasteiger partial charge in [-0.1, -0.05) is 12.1 Å². The van der Waals surface area contributed by atoms with Crippen molar-refractivity contribution in [1.29, 1.82) is 5.26 Å². The van der Waals surface area contributed by atoms with E-state index in [0.717, 1.165) is 6.26 Å². The Hall–Kier alpha value is -1.82. The molecule has 0 aliphatic rings. The molecule has 5 heteroatoms. The molecule has 0 radical (unpaired) electrons. The Morgan fingerprint density at radius 1 is 1.35 bits per heavy atom. The van der Waals surface area contributed by atoms with Crippen LogP contribution in [0.5, 0.6) is 0 Å². The zero-order valence-electron chi connectivity index (χ0n) is 11.3. The fourth-order valence-corrected chi connectivity index (χ4v) is 3.42. The molecule has 0 spiro atoms. The van der Waals surface area contributed by atoms with Crippen molar-refractivity contribution in [3.63, 3.8) is 0 Å². The van der Waals surface area contributed by atoms with Gasteiger partial charge in [-0.2, -0.15) is 5.26 Å². The van der Waals surface area contributed by atoms with Crippen LogP contribution in [0.25, 0.3) is 0 Å². The van der Waals surface area contributed by atoms with Crippen LogP contribution in [0.2, 0.25) is 0 Å². The number of rotatable bonds is 6. The molecule has 1 aromatic carbocycles. The van der Waals surface area contributed by atoms with Gasteiger partial charge in [0.15, 0.2) is 9.84 Å². The Morgan fingerprint density at radius 3 is 2.40 bits per heavy atom. The summed E-state index contributed by atoms with van der Waals surface area (Å²) in [7, 11) is -3.46. The Morgan fingerprint density at radius 2 is 1.95 bits per heavy atom. The van der Waals surface area contributed by atoms with Gasteiger partial charge in [-0.3, -0.25) is 0 Å². The first-order valence-corrected chi connectivity index (χ1v) is 8.16. The second kappa shape index (κ2) is 7.09. The summed E-state index contributed by atoms with van der Waals surface area (Å²) in [4.78, 5) is 0. The first-order valence-electron chi connectivity index (χ1n) is 6.20. The number of nitriles is 1. The van der Waals surface area contributed by atoms with Crippen LogP contribution in [0.1, 0.15) is 35.6 Å². The SMILES string of the molecule is C#CCCCC(O)C(c1ccc(C#N)cc1)S(C)(=O)=O. The lowest BCUT2D eigenvalue weighted by atomic mass is 10.0. The van der Waals surface area contributed by atoms with Crippen molar-refractivity contribution in [2.45, 2.75) is 30.6 Å². The molecule has 1 N–H and O–H groups in total. The second-order valence-corrected chi connectivity index (χ2v) is 6.81. The minimum absolute atomic E-state index is 0.321. The summed E-state index contributed by atoms with van der Waals surface area (Å²) in [6.45, 7) is 0. The smallest absolute Gasteiger partial charge is 0.157 e. The van der Waals surface area contributed by atoms with Gasteiger partial charge in [0.05, 0.1) is 17.7 Å². The number of nitrogens with zero attached hydrogens (tertiary/aromatic N) is 1. The summed E-state index contributed by atoms with van der Waals surface area (Å²) < 4.78 is 23.8. The topological polar surface area (TPSA) is 78.2 Å². The number of hydrogen-bond acceptors (Lipinski definition) is 4. The number of unbranched alkanes of at least 4 members (excludes halogenated alkanes) is 1. The fraction of sp³-hybridized carbons (Fsp3) is 0.400. The van der Waals surface area contributed by atoms with E-state index >= 15 is 0 Å². The third-order valence-corrected chi connectivity index (χ3v) is 4.51. The maximum absolute atomic E-state index is 11.9.